The van der Waals surface area contributed by atoms with Crippen LogP contribution in [0.2, 0.25) is 0 Å². The van der Waals surface area contributed by atoms with Crippen molar-refractivity contribution in [3.63, 3.8) is 0 Å². The molecule has 9 nitrogen and oxygen atoms in total. The van der Waals surface area contributed by atoms with Crippen LogP contribution in [-0.4, -0.2) is 140 Å². The van der Waals surface area contributed by atoms with Gasteiger partial charge in [0.2, 0.25) is 0 Å². The van der Waals surface area contributed by atoms with Gasteiger partial charge in [0.15, 0.2) is 5.62 Å². The van der Waals surface area contributed by atoms with Gasteiger partial charge >= 0.3 is 19.1 Å². The van der Waals surface area contributed by atoms with Gasteiger partial charge in [-0.2, -0.15) is 0 Å². The fourth-order valence-corrected chi connectivity index (χ4v) is 13.1. The smallest absolute Gasteiger partial charge is 0.213 e. The summed E-state index contributed by atoms with van der Waals surface area (Å²) in [4.78, 5) is 30.0. The van der Waals surface area contributed by atoms with Crippen LogP contribution in [0.25, 0.3) is 0 Å². The molecule has 0 bridgehead atoms. The van der Waals surface area contributed by atoms with Crippen molar-refractivity contribution in [1.29, 1.82) is 0 Å². The van der Waals surface area contributed by atoms with Crippen molar-refractivity contribution in [2.75, 3.05) is 93.3 Å². The summed E-state index contributed by atoms with van der Waals surface area (Å²) in [5, 5.41) is 0. The van der Waals surface area contributed by atoms with E-state index in [1.807, 2.05) is 44.5 Å². The Morgan fingerprint density at radius 3 is 1.06 bits per heavy atom. The highest BCUT2D eigenvalue weighted by atomic mass is 35.6. The van der Waals surface area contributed by atoms with Crippen LogP contribution in [0.4, 0.5) is 0 Å². The van der Waals surface area contributed by atoms with Crippen molar-refractivity contribution in [1.82, 2.24) is 28.0 Å². The maximum atomic E-state index is 10.1. The second-order valence-corrected chi connectivity index (χ2v) is 21.5. The Hall–Kier alpha value is 2.09. The largest absolute Gasteiger partial charge is 0.360 e. The third kappa shape index (κ3) is 6.69. The Kier molecular flexibility index (Phi) is 12.6. The lowest BCUT2D eigenvalue weighted by Gasteiger charge is -2.29. The average molecular weight is 599 g/mol. The maximum absolute atomic E-state index is 10.1. The van der Waals surface area contributed by atoms with E-state index in [9.17, 15) is 14.7 Å². The minimum Gasteiger partial charge on any atom is -0.213 e. The van der Waals surface area contributed by atoms with Crippen molar-refractivity contribution >= 4 is 69.8 Å². The van der Waals surface area contributed by atoms with Gasteiger partial charge in [0.25, 0.3) is 7.79 Å². The summed E-state index contributed by atoms with van der Waals surface area (Å²) in [7, 11) is 4.77. The van der Waals surface area contributed by atoms with E-state index in [-0.39, 0.29) is 0 Å². The standard InChI is InChI=1S/C6H16N2OP.C5H11Cl3N2OP.C5H13ClN2OP/c1-4-10(9)7(2)5-6-8(10)3;1-9-3-4-10(2)12(9,11)5(6,7)8;1-7-3-4-8(2)10(7,9)5-6/h9H,4-6H2,1-3H3;11H,3-4H2,1-2H3;9H,3-5H2,1-2H3/q3*+1. The highest BCUT2D eigenvalue weighted by Crippen LogP contribution is 2.76. The molecule has 0 unspecified atom stereocenters. The zero-order valence-electron chi connectivity index (χ0n) is 20.0. The molecule has 0 aliphatic carbocycles. The van der Waals surface area contributed by atoms with Gasteiger partial charge in [-0.3, -0.25) is 0 Å². The summed E-state index contributed by atoms with van der Waals surface area (Å²) in [6.45, 7) is 7.37. The van der Waals surface area contributed by atoms with Gasteiger partial charge in [-0.15, -0.1) is 28.0 Å². The molecule has 192 valence electrons. The monoisotopic (exact) mass is 597 g/mol. The Balaban J connectivity index is 0.000000241. The number of nitrogens with zero attached hydrogens (tertiary/aromatic N) is 6. The normalized spacial score (nSPS) is 27.2. The number of likely N-dealkylation sites (N-methyl/N-ethyl adjacent to an activating group) is 6. The molecule has 3 N–H and O–H groups in total. The highest BCUT2D eigenvalue weighted by molar-refractivity contribution is 7.73. The Morgan fingerprint density at radius 1 is 0.625 bits per heavy atom. The number of hydrogen-bond donors (Lipinski definition) is 3. The topological polar surface area (TPSA) is 80.1 Å². The van der Waals surface area contributed by atoms with Gasteiger partial charge in [0, 0.05) is 42.3 Å². The van der Waals surface area contributed by atoms with E-state index in [2.05, 4.69) is 9.34 Å². The number of alkyl halides is 4. The highest BCUT2D eigenvalue weighted by Gasteiger charge is 2.66. The van der Waals surface area contributed by atoms with Crippen LogP contribution < -0.4 is 0 Å². The Morgan fingerprint density at radius 2 is 0.906 bits per heavy atom. The summed E-state index contributed by atoms with van der Waals surface area (Å²) in [5.74, 6) is 0. The summed E-state index contributed by atoms with van der Waals surface area (Å²) >= 11 is 22.8. The van der Waals surface area contributed by atoms with Gasteiger partial charge in [0.1, 0.15) is 6.16 Å². The van der Waals surface area contributed by atoms with Crippen LogP contribution in [0, 0.1) is 0 Å². The molecule has 3 aliphatic heterocycles. The molecule has 0 atom stereocenters. The first-order valence-corrected chi connectivity index (χ1v) is 17.3. The van der Waals surface area contributed by atoms with E-state index < -0.39 is 26.9 Å². The lowest BCUT2D eigenvalue weighted by molar-refractivity contribution is 0.461. The molecule has 0 amide bonds. The first-order valence-electron chi connectivity index (χ1n) is 10.3. The molecular formula is C16H40Cl4N6O3P3+3. The average Bonchev–Trinajstić information content (AvgIpc) is 3.27. The Labute approximate surface area is 215 Å². The predicted octanol–water partition coefficient (Wildman–Crippen LogP) is 3.40. The minimum atomic E-state index is -2.72. The van der Waals surface area contributed by atoms with Crippen LogP contribution in [0.15, 0.2) is 0 Å². The van der Waals surface area contributed by atoms with Crippen LogP contribution in [0.1, 0.15) is 6.92 Å². The van der Waals surface area contributed by atoms with E-state index in [1.165, 1.54) is 0 Å². The SMILES string of the molecule is CC[P+]1(O)N(C)CCN1C.CN1CCN(C)[P+]1(O)C(Cl)(Cl)Cl.CN1CCN(C)[P+]1(O)CCl. The molecule has 0 aromatic carbocycles. The van der Waals surface area contributed by atoms with Gasteiger partial charge in [-0.05, 0) is 41.7 Å². The zero-order valence-corrected chi connectivity index (χ0v) is 25.7. The molecule has 3 aliphatic rings. The lowest BCUT2D eigenvalue weighted by atomic mass is 10.6. The predicted molar refractivity (Wildman–Crippen MR) is 145 cm³/mol. The van der Waals surface area contributed by atoms with Crippen molar-refractivity contribution in [2.24, 2.45) is 0 Å². The van der Waals surface area contributed by atoms with Crippen molar-refractivity contribution in [3.8, 4) is 0 Å². The Bertz CT molecular complexity index is 552. The van der Waals surface area contributed by atoms with Crippen LogP contribution in [0.5, 0.6) is 0 Å². The molecule has 0 spiro atoms. The minimum absolute atomic E-state index is 0.347. The molecule has 0 aromatic rings. The van der Waals surface area contributed by atoms with Crippen molar-refractivity contribution in [3.05, 3.63) is 0 Å². The number of hydrogen-bond acceptors (Lipinski definition) is 9. The molecule has 3 rings (SSSR count). The number of rotatable bonds is 2. The molecule has 0 aromatic heterocycles. The molecule has 16 heteroatoms. The summed E-state index contributed by atoms with van der Waals surface area (Å²) in [6.07, 6.45) is 0.875. The maximum Gasteiger partial charge on any atom is 0.360 e. The molecule has 3 heterocycles. The second-order valence-electron chi connectivity index (χ2n) is 8.14. The first-order chi connectivity index (χ1) is 14.5. The summed E-state index contributed by atoms with van der Waals surface area (Å²) in [5.41, 5.74) is 0.347. The zero-order chi connectivity index (χ0) is 25.1. The lowest BCUT2D eigenvalue weighted by Crippen LogP contribution is -2.29. The van der Waals surface area contributed by atoms with E-state index in [1.54, 1.807) is 23.4 Å². The van der Waals surface area contributed by atoms with Crippen LogP contribution in [-0.2, 0) is 0 Å². The second kappa shape index (κ2) is 12.6. The summed E-state index contributed by atoms with van der Waals surface area (Å²) in [6, 6.07) is 0. The molecule has 3 fully saturated rings. The van der Waals surface area contributed by atoms with Gasteiger partial charge < -0.3 is 0 Å². The van der Waals surface area contributed by atoms with Crippen molar-refractivity contribution < 1.29 is 14.7 Å². The fourth-order valence-electron chi connectivity index (χ4n) is 3.62. The van der Waals surface area contributed by atoms with E-state index >= 15 is 0 Å². The van der Waals surface area contributed by atoms with E-state index in [0.717, 1.165) is 45.4 Å². The van der Waals surface area contributed by atoms with Gasteiger partial charge in [-0.25, -0.2) is 14.7 Å². The molecular weight excluding hydrogens is 559 g/mol. The van der Waals surface area contributed by atoms with Gasteiger partial charge in [0.05, 0.1) is 39.3 Å². The number of halogens is 4. The quantitative estimate of drug-likeness (QED) is 0.327. The van der Waals surface area contributed by atoms with Crippen LogP contribution >= 0.6 is 69.8 Å². The van der Waals surface area contributed by atoms with E-state index in [4.69, 9.17) is 46.4 Å². The van der Waals surface area contributed by atoms with E-state index in [0.29, 0.717) is 5.62 Å². The first kappa shape index (κ1) is 32.1. The third-order valence-corrected chi connectivity index (χ3v) is 18.6. The molecule has 0 saturated carbocycles. The van der Waals surface area contributed by atoms with Gasteiger partial charge in [-0.1, -0.05) is 11.6 Å². The third-order valence-electron chi connectivity index (χ3n) is 6.31. The molecule has 0 radical (unpaired) electrons. The summed E-state index contributed by atoms with van der Waals surface area (Å²) < 4.78 is 9.94. The molecule has 32 heavy (non-hydrogen) atoms. The van der Waals surface area contributed by atoms with Crippen LogP contribution in [0.3, 0.4) is 0 Å². The van der Waals surface area contributed by atoms with Crippen molar-refractivity contribution in [2.45, 2.75) is 10.5 Å². The molecule has 3 saturated heterocycles. The fraction of sp³-hybridized carbons (Fsp3) is 1.00.